The predicted octanol–water partition coefficient (Wildman–Crippen LogP) is 1.33. The van der Waals surface area contributed by atoms with Crippen LogP contribution in [0.1, 0.15) is 30.6 Å². The lowest BCUT2D eigenvalue weighted by Crippen LogP contribution is -2.24. The maximum Gasteiger partial charge on any atom is 0.338 e. The van der Waals surface area contributed by atoms with Crippen LogP contribution in [0.5, 0.6) is 0 Å². The number of nitrogens with one attached hydrogen (secondary N) is 2. The Hall–Kier alpha value is -2.37. The van der Waals surface area contributed by atoms with E-state index < -0.39 is 5.97 Å². The molecule has 1 fully saturated rings. The molecule has 6 heteroatoms. The molecule has 1 heterocycles. The van der Waals surface area contributed by atoms with Crippen molar-refractivity contribution in [3.05, 3.63) is 29.8 Å². The molecule has 1 aliphatic heterocycles. The highest BCUT2D eigenvalue weighted by atomic mass is 16.5. The van der Waals surface area contributed by atoms with E-state index in [-0.39, 0.29) is 30.3 Å². The van der Waals surface area contributed by atoms with Gasteiger partial charge in [0.25, 0.3) is 0 Å². The minimum absolute atomic E-state index is 0.109. The van der Waals surface area contributed by atoms with Crippen molar-refractivity contribution < 1.29 is 19.1 Å². The van der Waals surface area contributed by atoms with E-state index in [0.29, 0.717) is 17.8 Å². The highest BCUT2D eigenvalue weighted by Crippen LogP contribution is 2.15. The summed E-state index contributed by atoms with van der Waals surface area (Å²) in [7, 11) is 0. The van der Waals surface area contributed by atoms with E-state index in [2.05, 4.69) is 10.6 Å². The molecule has 0 bridgehead atoms. The summed E-state index contributed by atoms with van der Waals surface area (Å²) in [6.07, 6.45) is 0.0363. The lowest BCUT2D eigenvalue weighted by atomic mass is 10.1. The number of esters is 1. The molecule has 1 aliphatic rings. The van der Waals surface area contributed by atoms with E-state index >= 15 is 0 Å². The Balaban J connectivity index is 1.94. The summed E-state index contributed by atoms with van der Waals surface area (Å²) in [6.45, 7) is 3.93. The van der Waals surface area contributed by atoms with E-state index in [1.165, 1.54) is 0 Å². The molecule has 21 heavy (non-hydrogen) atoms. The molecular weight excluding hydrogens is 272 g/mol. The first-order chi connectivity index (χ1) is 9.95. The van der Waals surface area contributed by atoms with E-state index in [4.69, 9.17) is 4.74 Å². The van der Waals surface area contributed by atoms with Gasteiger partial charge >= 0.3 is 5.97 Å². The van der Waals surface area contributed by atoms with Crippen LogP contribution in [-0.4, -0.2) is 30.4 Å². The van der Waals surface area contributed by atoms with E-state index in [0.717, 1.165) is 0 Å². The SMILES string of the molecule is CC(C)OC(=O)c1ccc(NC(=O)C2CNC(=O)C2)cc1. The van der Waals surface area contributed by atoms with Crippen LogP contribution in [0.2, 0.25) is 0 Å². The monoisotopic (exact) mass is 290 g/mol. The van der Waals surface area contributed by atoms with Crippen LogP contribution < -0.4 is 10.6 Å². The summed E-state index contributed by atoms with van der Waals surface area (Å²) in [4.78, 5) is 34.7. The molecule has 0 aliphatic carbocycles. The van der Waals surface area contributed by atoms with E-state index in [1.807, 2.05) is 0 Å². The van der Waals surface area contributed by atoms with Crippen LogP contribution in [0.3, 0.4) is 0 Å². The second kappa shape index (κ2) is 6.39. The lowest BCUT2D eigenvalue weighted by Gasteiger charge is -2.10. The minimum Gasteiger partial charge on any atom is -0.459 e. The molecule has 2 rings (SSSR count). The maximum atomic E-state index is 11.9. The number of carbonyl (C=O) groups excluding carboxylic acids is 3. The van der Waals surface area contributed by atoms with Gasteiger partial charge in [-0.1, -0.05) is 0 Å². The van der Waals surface area contributed by atoms with Crippen molar-refractivity contribution >= 4 is 23.5 Å². The Labute approximate surface area is 122 Å². The number of benzene rings is 1. The minimum atomic E-state index is -0.395. The maximum absolute atomic E-state index is 11.9. The second-order valence-electron chi connectivity index (χ2n) is 5.23. The summed E-state index contributed by atoms with van der Waals surface area (Å²) < 4.78 is 5.08. The summed E-state index contributed by atoms with van der Waals surface area (Å²) in [5.74, 6) is -1.05. The van der Waals surface area contributed by atoms with Gasteiger partial charge in [0.05, 0.1) is 17.6 Å². The Bertz CT molecular complexity index is 551. The van der Waals surface area contributed by atoms with Crippen LogP contribution in [0.25, 0.3) is 0 Å². The molecule has 0 saturated carbocycles. The lowest BCUT2D eigenvalue weighted by molar-refractivity contribution is -0.123. The van der Waals surface area contributed by atoms with Crippen molar-refractivity contribution in [1.29, 1.82) is 0 Å². The largest absolute Gasteiger partial charge is 0.459 e. The molecule has 2 amide bonds. The number of hydrogen-bond acceptors (Lipinski definition) is 4. The van der Waals surface area contributed by atoms with Gasteiger partial charge < -0.3 is 15.4 Å². The second-order valence-corrected chi connectivity index (χ2v) is 5.23. The molecule has 1 aromatic rings. The molecule has 0 spiro atoms. The molecular formula is C15H18N2O4. The number of ether oxygens (including phenoxy) is 1. The first-order valence-corrected chi connectivity index (χ1v) is 6.84. The fraction of sp³-hybridized carbons (Fsp3) is 0.400. The van der Waals surface area contributed by atoms with Crippen LogP contribution in [0.15, 0.2) is 24.3 Å². The highest BCUT2D eigenvalue weighted by molar-refractivity contribution is 5.97. The molecule has 1 saturated heterocycles. The zero-order valence-corrected chi connectivity index (χ0v) is 12.0. The number of carbonyl (C=O) groups is 3. The van der Waals surface area contributed by atoms with Crippen molar-refractivity contribution in [3.8, 4) is 0 Å². The zero-order chi connectivity index (χ0) is 15.4. The molecule has 1 unspecified atom stereocenters. The van der Waals surface area contributed by atoms with Crippen molar-refractivity contribution in [1.82, 2.24) is 5.32 Å². The van der Waals surface area contributed by atoms with Gasteiger partial charge in [0.1, 0.15) is 0 Å². The van der Waals surface area contributed by atoms with E-state index in [9.17, 15) is 14.4 Å². The zero-order valence-electron chi connectivity index (χ0n) is 12.0. The Kier molecular flexibility index (Phi) is 4.57. The van der Waals surface area contributed by atoms with Crippen LogP contribution in [0, 0.1) is 5.92 Å². The molecule has 0 aromatic heterocycles. The Morgan fingerprint density at radius 1 is 1.29 bits per heavy atom. The fourth-order valence-corrected chi connectivity index (χ4v) is 2.01. The average Bonchev–Trinajstić information content (AvgIpc) is 2.85. The van der Waals surface area contributed by atoms with Crippen molar-refractivity contribution in [2.24, 2.45) is 5.92 Å². The number of hydrogen-bond donors (Lipinski definition) is 2. The van der Waals surface area contributed by atoms with Gasteiger partial charge in [0.2, 0.25) is 11.8 Å². The third-order valence-electron chi connectivity index (χ3n) is 3.08. The number of rotatable bonds is 4. The van der Waals surface area contributed by atoms with Crippen LogP contribution in [-0.2, 0) is 14.3 Å². The van der Waals surface area contributed by atoms with Gasteiger partial charge in [-0.15, -0.1) is 0 Å². The standard InChI is InChI=1S/C15H18N2O4/c1-9(2)21-15(20)10-3-5-12(6-4-10)17-14(19)11-7-13(18)16-8-11/h3-6,9,11H,7-8H2,1-2H3,(H,16,18)(H,17,19). The van der Waals surface area contributed by atoms with Crippen LogP contribution in [0.4, 0.5) is 5.69 Å². The molecule has 6 nitrogen and oxygen atoms in total. The van der Waals surface area contributed by atoms with Gasteiger partial charge in [0.15, 0.2) is 0 Å². The summed E-state index contributed by atoms with van der Waals surface area (Å²) in [5, 5.41) is 5.35. The normalized spacial score (nSPS) is 17.5. The first-order valence-electron chi connectivity index (χ1n) is 6.84. The van der Waals surface area contributed by atoms with Crippen molar-refractivity contribution in [2.75, 3.05) is 11.9 Å². The van der Waals surface area contributed by atoms with Crippen molar-refractivity contribution in [3.63, 3.8) is 0 Å². The quantitative estimate of drug-likeness (QED) is 0.819. The molecule has 0 radical (unpaired) electrons. The molecule has 1 atom stereocenters. The van der Waals surface area contributed by atoms with Gasteiger partial charge in [-0.3, -0.25) is 9.59 Å². The highest BCUT2D eigenvalue weighted by Gasteiger charge is 2.27. The number of amides is 2. The predicted molar refractivity (Wildman–Crippen MR) is 76.7 cm³/mol. The molecule has 1 aromatic carbocycles. The summed E-state index contributed by atoms with van der Waals surface area (Å²) >= 11 is 0. The Morgan fingerprint density at radius 3 is 2.48 bits per heavy atom. The van der Waals surface area contributed by atoms with Crippen LogP contribution >= 0.6 is 0 Å². The summed E-state index contributed by atoms with van der Waals surface area (Å²) in [5.41, 5.74) is 1.01. The number of anilines is 1. The van der Waals surface area contributed by atoms with Gasteiger partial charge in [0, 0.05) is 18.7 Å². The Morgan fingerprint density at radius 2 is 1.95 bits per heavy atom. The first kappa shape index (κ1) is 15.0. The van der Waals surface area contributed by atoms with Crippen molar-refractivity contribution in [2.45, 2.75) is 26.4 Å². The third kappa shape index (κ3) is 4.05. The third-order valence-corrected chi connectivity index (χ3v) is 3.08. The molecule has 2 N–H and O–H groups in total. The van der Waals surface area contributed by atoms with Gasteiger partial charge in [-0.25, -0.2) is 4.79 Å². The smallest absolute Gasteiger partial charge is 0.338 e. The topological polar surface area (TPSA) is 84.5 Å². The molecule has 112 valence electrons. The summed E-state index contributed by atoms with van der Waals surface area (Å²) in [6, 6.07) is 6.47. The average molecular weight is 290 g/mol. The fourth-order valence-electron chi connectivity index (χ4n) is 2.01. The van der Waals surface area contributed by atoms with Gasteiger partial charge in [-0.2, -0.15) is 0 Å². The van der Waals surface area contributed by atoms with Gasteiger partial charge in [-0.05, 0) is 38.1 Å². The van der Waals surface area contributed by atoms with E-state index in [1.54, 1.807) is 38.1 Å².